The zero-order chi connectivity index (χ0) is 22.8. The Morgan fingerprint density at radius 1 is 1.15 bits per heavy atom. The summed E-state index contributed by atoms with van der Waals surface area (Å²) in [6.45, 7) is 0.916. The third kappa shape index (κ3) is 4.82. The van der Waals surface area contributed by atoms with Gasteiger partial charge in [-0.05, 0) is 56.5 Å². The number of rotatable bonds is 6. The van der Waals surface area contributed by atoms with E-state index in [0.29, 0.717) is 23.1 Å². The molecule has 7 heteroatoms. The second kappa shape index (κ2) is 9.41. The molecule has 0 radical (unpaired) electrons. The Morgan fingerprint density at radius 2 is 1.97 bits per heavy atom. The molecule has 0 spiro atoms. The minimum atomic E-state index is 0.328. The fraction of sp³-hybridized carbons (Fsp3) is 0.308. The maximum Gasteiger partial charge on any atom is 0.223 e. The van der Waals surface area contributed by atoms with Gasteiger partial charge in [0, 0.05) is 47.0 Å². The van der Waals surface area contributed by atoms with Crippen molar-refractivity contribution in [3.05, 3.63) is 71.5 Å². The zero-order valence-corrected chi connectivity index (χ0v) is 19.5. The second-order valence-electron chi connectivity index (χ2n) is 8.96. The van der Waals surface area contributed by atoms with Crippen LogP contribution < -0.4 is 11.1 Å². The van der Waals surface area contributed by atoms with Crippen molar-refractivity contribution >= 4 is 34.1 Å². The minimum absolute atomic E-state index is 0.328. The van der Waals surface area contributed by atoms with E-state index in [2.05, 4.69) is 51.5 Å². The van der Waals surface area contributed by atoms with Crippen LogP contribution in [-0.2, 0) is 6.54 Å². The highest BCUT2D eigenvalue weighted by molar-refractivity contribution is 6.33. The number of hydrogen-bond donors (Lipinski definition) is 3. The Labute approximate surface area is 199 Å². The summed E-state index contributed by atoms with van der Waals surface area (Å²) in [5, 5.41) is 5.23. The summed E-state index contributed by atoms with van der Waals surface area (Å²) < 4.78 is 0. The Hall–Kier alpha value is -3.09. The SMILES string of the molecule is CN(Cc1ccc(N)cc1)[C@H]1CCC[C@@H](Nc2ncc(Cl)c(-c3c[nH]c4ccccc34)n2)C1. The van der Waals surface area contributed by atoms with Gasteiger partial charge in [0.05, 0.1) is 16.9 Å². The van der Waals surface area contributed by atoms with Crippen molar-refractivity contribution in [1.29, 1.82) is 0 Å². The molecule has 1 aliphatic rings. The number of hydrogen-bond acceptors (Lipinski definition) is 5. The minimum Gasteiger partial charge on any atom is -0.399 e. The van der Waals surface area contributed by atoms with Gasteiger partial charge in [-0.2, -0.15) is 0 Å². The number of aromatic nitrogens is 3. The summed E-state index contributed by atoms with van der Waals surface area (Å²) in [5.41, 5.74) is 10.7. The lowest BCUT2D eigenvalue weighted by Crippen LogP contribution is -2.40. The normalized spacial score (nSPS) is 18.6. The van der Waals surface area contributed by atoms with E-state index in [1.807, 2.05) is 30.5 Å². The molecule has 1 saturated carbocycles. The van der Waals surface area contributed by atoms with Crippen molar-refractivity contribution in [2.24, 2.45) is 0 Å². The van der Waals surface area contributed by atoms with Gasteiger partial charge in [0.1, 0.15) is 0 Å². The molecular weight excluding hydrogens is 432 g/mol. The summed E-state index contributed by atoms with van der Waals surface area (Å²) in [5.74, 6) is 0.631. The highest BCUT2D eigenvalue weighted by Crippen LogP contribution is 2.33. The lowest BCUT2D eigenvalue weighted by molar-refractivity contribution is 0.177. The molecule has 2 aromatic carbocycles. The molecule has 0 bridgehead atoms. The molecule has 33 heavy (non-hydrogen) atoms. The topological polar surface area (TPSA) is 82.9 Å². The Balaban J connectivity index is 1.29. The lowest BCUT2D eigenvalue weighted by atomic mass is 9.90. The number of para-hydroxylation sites is 1. The van der Waals surface area contributed by atoms with Crippen LogP contribution in [0, 0.1) is 0 Å². The number of nitrogens with one attached hydrogen (secondary N) is 2. The molecule has 2 atom stereocenters. The maximum absolute atomic E-state index is 6.50. The highest BCUT2D eigenvalue weighted by atomic mass is 35.5. The fourth-order valence-electron chi connectivity index (χ4n) is 4.81. The zero-order valence-electron chi connectivity index (χ0n) is 18.8. The number of aromatic amines is 1. The van der Waals surface area contributed by atoms with Gasteiger partial charge >= 0.3 is 0 Å². The number of nitrogen functional groups attached to an aromatic ring is 1. The predicted octanol–water partition coefficient (Wildman–Crippen LogP) is 5.72. The number of benzene rings is 2. The molecular formula is C26H29ClN6. The number of halogens is 1. The molecule has 4 aromatic rings. The monoisotopic (exact) mass is 460 g/mol. The number of anilines is 2. The van der Waals surface area contributed by atoms with Crippen molar-refractivity contribution < 1.29 is 0 Å². The summed E-state index contributed by atoms with van der Waals surface area (Å²) in [4.78, 5) is 15.0. The molecule has 0 aliphatic heterocycles. The van der Waals surface area contributed by atoms with E-state index in [1.54, 1.807) is 6.20 Å². The first-order valence-corrected chi connectivity index (χ1v) is 11.8. The molecule has 1 aliphatic carbocycles. The van der Waals surface area contributed by atoms with Crippen LogP contribution in [0.2, 0.25) is 5.02 Å². The Kier molecular flexibility index (Phi) is 6.20. The first-order chi connectivity index (χ1) is 16.1. The largest absolute Gasteiger partial charge is 0.399 e. The fourth-order valence-corrected chi connectivity index (χ4v) is 5.00. The highest BCUT2D eigenvalue weighted by Gasteiger charge is 2.26. The molecule has 2 aromatic heterocycles. The molecule has 2 heterocycles. The number of nitrogens with zero attached hydrogens (tertiary/aromatic N) is 3. The maximum atomic E-state index is 6.50. The van der Waals surface area contributed by atoms with E-state index in [1.165, 1.54) is 18.4 Å². The molecule has 6 nitrogen and oxygen atoms in total. The quantitative estimate of drug-likeness (QED) is 0.321. The lowest BCUT2D eigenvalue weighted by Gasteiger charge is -2.35. The van der Waals surface area contributed by atoms with Crippen LogP contribution >= 0.6 is 11.6 Å². The van der Waals surface area contributed by atoms with Gasteiger partial charge in [-0.3, -0.25) is 4.90 Å². The molecule has 0 unspecified atom stereocenters. The van der Waals surface area contributed by atoms with Gasteiger partial charge < -0.3 is 16.0 Å². The van der Waals surface area contributed by atoms with Crippen LogP contribution in [0.3, 0.4) is 0 Å². The summed E-state index contributed by atoms with van der Waals surface area (Å²) in [6.07, 6.45) is 8.20. The van der Waals surface area contributed by atoms with Crippen molar-refractivity contribution in [3.8, 4) is 11.3 Å². The van der Waals surface area contributed by atoms with Crippen molar-refractivity contribution in [1.82, 2.24) is 19.9 Å². The van der Waals surface area contributed by atoms with E-state index in [0.717, 1.165) is 47.2 Å². The van der Waals surface area contributed by atoms with Crippen molar-refractivity contribution in [3.63, 3.8) is 0 Å². The van der Waals surface area contributed by atoms with E-state index in [-0.39, 0.29) is 0 Å². The Bertz CT molecular complexity index is 1240. The van der Waals surface area contributed by atoms with Crippen molar-refractivity contribution in [2.75, 3.05) is 18.1 Å². The molecule has 170 valence electrons. The van der Waals surface area contributed by atoms with Crippen LogP contribution in [0.1, 0.15) is 31.2 Å². The number of fused-ring (bicyclic) bond motifs is 1. The van der Waals surface area contributed by atoms with Crippen LogP contribution in [0.5, 0.6) is 0 Å². The van der Waals surface area contributed by atoms with Gasteiger partial charge in [0.15, 0.2) is 0 Å². The molecule has 5 rings (SSSR count). The third-order valence-corrected chi connectivity index (χ3v) is 6.88. The standard InChI is InChI=1S/C26H29ClN6/c1-33(16-17-9-11-18(28)12-10-17)20-6-4-5-19(13-20)31-26-30-15-23(27)25(32-26)22-14-29-24-8-3-2-7-21(22)24/h2-3,7-12,14-15,19-20,29H,4-6,13,16,28H2,1H3,(H,30,31,32)/t19-,20+/m1/s1. The average molecular weight is 461 g/mol. The van der Waals surface area contributed by atoms with E-state index < -0.39 is 0 Å². The van der Waals surface area contributed by atoms with Gasteiger partial charge in [-0.25, -0.2) is 9.97 Å². The molecule has 0 amide bonds. The summed E-state index contributed by atoms with van der Waals surface area (Å²) >= 11 is 6.50. The average Bonchev–Trinajstić information content (AvgIpc) is 3.26. The molecule has 0 saturated heterocycles. The van der Waals surface area contributed by atoms with Crippen LogP contribution in [0.15, 0.2) is 60.9 Å². The van der Waals surface area contributed by atoms with Crippen LogP contribution in [0.4, 0.5) is 11.6 Å². The molecule has 1 fully saturated rings. The van der Waals surface area contributed by atoms with Gasteiger partial charge in [0.2, 0.25) is 5.95 Å². The summed E-state index contributed by atoms with van der Waals surface area (Å²) in [6, 6.07) is 17.2. The Morgan fingerprint density at radius 3 is 2.82 bits per heavy atom. The molecule has 4 N–H and O–H groups in total. The predicted molar refractivity (Wildman–Crippen MR) is 136 cm³/mol. The third-order valence-electron chi connectivity index (χ3n) is 6.60. The summed E-state index contributed by atoms with van der Waals surface area (Å²) in [7, 11) is 2.21. The van der Waals surface area contributed by atoms with Gasteiger partial charge in [-0.15, -0.1) is 0 Å². The second-order valence-corrected chi connectivity index (χ2v) is 9.36. The van der Waals surface area contributed by atoms with Gasteiger partial charge in [0.25, 0.3) is 0 Å². The van der Waals surface area contributed by atoms with Crippen LogP contribution in [-0.4, -0.2) is 39.0 Å². The van der Waals surface area contributed by atoms with Crippen LogP contribution in [0.25, 0.3) is 22.2 Å². The van der Waals surface area contributed by atoms with E-state index in [4.69, 9.17) is 22.3 Å². The smallest absolute Gasteiger partial charge is 0.223 e. The number of nitrogens with two attached hydrogens (primary N) is 1. The van der Waals surface area contributed by atoms with E-state index in [9.17, 15) is 0 Å². The van der Waals surface area contributed by atoms with E-state index >= 15 is 0 Å². The van der Waals surface area contributed by atoms with Gasteiger partial charge in [-0.1, -0.05) is 41.9 Å². The first kappa shape index (κ1) is 21.7. The number of H-pyrrole nitrogens is 1. The van der Waals surface area contributed by atoms with Crippen molar-refractivity contribution in [2.45, 2.75) is 44.3 Å². The first-order valence-electron chi connectivity index (χ1n) is 11.5.